The summed E-state index contributed by atoms with van der Waals surface area (Å²) in [6.45, 7) is 3.84. The summed E-state index contributed by atoms with van der Waals surface area (Å²) < 4.78 is 16.9. The van der Waals surface area contributed by atoms with E-state index in [0.29, 0.717) is 35.1 Å². The molecule has 1 aromatic heterocycles. The number of methoxy groups -OCH3 is 2. The largest absolute Gasteiger partial charge is 0.494 e. The van der Waals surface area contributed by atoms with Crippen LogP contribution in [-0.2, 0) is 0 Å². The van der Waals surface area contributed by atoms with Crippen LogP contribution in [0.2, 0.25) is 0 Å². The van der Waals surface area contributed by atoms with Crippen LogP contribution in [0.1, 0.15) is 34.1 Å². The van der Waals surface area contributed by atoms with Gasteiger partial charge in [0.15, 0.2) is 17.2 Å². The van der Waals surface area contributed by atoms with Crippen molar-refractivity contribution in [2.24, 2.45) is 5.10 Å². The molecular weight excluding hydrogens is 438 g/mol. The van der Waals surface area contributed by atoms with Gasteiger partial charge in [-0.15, -0.1) is 0 Å². The monoisotopic (exact) mass is 461 g/mol. The number of aromatic nitrogens is 2. The van der Waals surface area contributed by atoms with E-state index in [-0.39, 0.29) is 16.8 Å². The Labute approximate surface area is 196 Å². The molecule has 174 valence electrons. The molecule has 0 aliphatic rings. The summed E-state index contributed by atoms with van der Waals surface area (Å²) in [6, 6.07) is 13.6. The van der Waals surface area contributed by atoms with Crippen LogP contribution in [-0.4, -0.2) is 42.7 Å². The number of hydrogen-bond acceptors (Lipinski definition) is 8. The number of hydrogen-bond donors (Lipinski definition) is 1. The predicted molar refractivity (Wildman–Crippen MR) is 125 cm³/mol. The molecule has 0 bridgehead atoms. The standard InChI is InChI=1S/C24H23N5O5/c1-5-34-18-9-7-17(8-10-18)29-24(31)19(13-25)15(2)22(28-29)23(30)27-26-14-16-6-11-20(32-3)21(12-16)33-4/h6-12,14H,5H2,1-4H3,(H,27,30)/b26-14+. The second-order valence-electron chi connectivity index (χ2n) is 6.92. The molecule has 2 aromatic carbocycles. The molecule has 1 amide bonds. The van der Waals surface area contributed by atoms with E-state index in [4.69, 9.17) is 14.2 Å². The molecule has 1 N–H and O–H groups in total. The lowest BCUT2D eigenvalue weighted by atomic mass is 10.1. The van der Waals surface area contributed by atoms with Crippen molar-refractivity contribution in [2.45, 2.75) is 13.8 Å². The first-order valence-electron chi connectivity index (χ1n) is 10.3. The number of benzene rings is 2. The fourth-order valence-electron chi connectivity index (χ4n) is 3.13. The molecule has 1 heterocycles. The Morgan fingerprint density at radius 1 is 1.18 bits per heavy atom. The van der Waals surface area contributed by atoms with Crippen LogP contribution >= 0.6 is 0 Å². The summed E-state index contributed by atoms with van der Waals surface area (Å²) in [5.41, 5.74) is 2.66. The van der Waals surface area contributed by atoms with Gasteiger partial charge in [0.25, 0.3) is 11.5 Å². The molecule has 0 radical (unpaired) electrons. The minimum Gasteiger partial charge on any atom is -0.494 e. The molecule has 34 heavy (non-hydrogen) atoms. The zero-order chi connectivity index (χ0) is 24.7. The third-order valence-electron chi connectivity index (χ3n) is 4.84. The van der Waals surface area contributed by atoms with Gasteiger partial charge in [-0.3, -0.25) is 9.59 Å². The molecule has 0 saturated heterocycles. The fraction of sp³-hybridized carbons (Fsp3) is 0.208. The lowest BCUT2D eigenvalue weighted by molar-refractivity contribution is 0.0947. The zero-order valence-electron chi connectivity index (χ0n) is 19.2. The summed E-state index contributed by atoms with van der Waals surface area (Å²) in [5.74, 6) is 1.01. The van der Waals surface area contributed by atoms with E-state index in [2.05, 4.69) is 15.6 Å². The Hall–Kier alpha value is -4.65. The highest BCUT2D eigenvalue weighted by Crippen LogP contribution is 2.26. The van der Waals surface area contributed by atoms with E-state index < -0.39 is 11.5 Å². The third kappa shape index (κ3) is 5.05. The average Bonchev–Trinajstić information content (AvgIpc) is 2.85. The molecule has 10 nitrogen and oxygen atoms in total. The number of nitriles is 1. The molecule has 3 rings (SSSR count). The SMILES string of the molecule is CCOc1ccc(-n2nc(C(=O)N/N=C/c3ccc(OC)c(OC)c3)c(C)c(C#N)c2=O)cc1. The van der Waals surface area contributed by atoms with Gasteiger partial charge in [0.05, 0.1) is 32.7 Å². The third-order valence-corrected chi connectivity index (χ3v) is 4.84. The van der Waals surface area contributed by atoms with E-state index in [9.17, 15) is 14.9 Å². The number of amides is 1. The zero-order valence-corrected chi connectivity index (χ0v) is 19.2. The number of hydrazone groups is 1. The van der Waals surface area contributed by atoms with Crippen molar-refractivity contribution in [3.05, 3.63) is 75.2 Å². The van der Waals surface area contributed by atoms with Crippen molar-refractivity contribution in [2.75, 3.05) is 20.8 Å². The van der Waals surface area contributed by atoms with Crippen molar-refractivity contribution < 1.29 is 19.0 Å². The number of carbonyl (C=O) groups excluding carboxylic acids is 1. The van der Waals surface area contributed by atoms with Gasteiger partial charge in [0.1, 0.15) is 17.4 Å². The number of nitrogens with zero attached hydrogens (tertiary/aromatic N) is 4. The Balaban J connectivity index is 1.90. The highest BCUT2D eigenvalue weighted by molar-refractivity contribution is 5.94. The van der Waals surface area contributed by atoms with E-state index in [0.717, 1.165) is 4.68 Å². The van der Waals surface area contributed by atoms with Gasteiger partial charge < -0.3 is 14.2 Å². The van der Waals surface area contributed by atoms with Gasteiger partial charge in [-0.25, -0.2) is 5.43 Å². The number of carbonyl (C=O) groups is 1. The highest BCUT2D eigenvalue weighted by atomic mass is 16.5. The normalized spacial score (nSPS) is 10.6. The second-order valence-corrected chi connectivity index (χ2v) is 6.92. The summed E-state index contributed by atoms with van der Waals surface area (Å²) in [7, 11) is 3.05. The van der Waals surface area contributed by atoms with E-state index in [1.165, 1.54) is 27.4 Å². The summed E-state index contributed by atoms with van der Waals surface area (Å²) in [6.07, 6.45) is 1.42. The Kier molecular flexibility index (Phi) is 7.61. The topological polar surface area (TPSA) is 128 Å². The van der Waals surface area contributed by atoms with Crippen LogP contribution in [0, 0.1) is 18.3 Å². The number of nitrogens with one attached hydrogen (secondary N) is 1. The fourth-order valence-corrected chi connectivity index (χ4v) is 3.13. The molecule has 0 aliphatic carbocycles. The maximum absolute atomic E-state index is 12.8. The Morgan fingerprint density at radius 2 is 1.88 bits per heavy atom. The van der Waals surface area contributed by atoms with Crippen molar-refractivity contribution in [3.63, 3.8) is 0 Å². The van der Waals surface area contributed by atoms with E-state index in [1.54, 1.807) is 42.5 Å². The molecular formula is C24H23N5O5. The molecule has 10 heteroatoms. The molecule has 3 aromatic rings. The van der Waals surface area contributed by atoms with Gasteiger partial charge in [-0.2, -0.15) is 20.1 Å². The van der Waals surface area contributed by atoms with Gasteiger partial charge in [-0.1, -0.05) is 0 Å². The van der Waals surface area contributed by atoms with Crippen molar-refractivity contribution in [1.29, 1.82) is 5.26 Å². The molecule has 0 aliphatic heterocycles. The lowest BCUT2D eigenvalue weighted by Crippen LogP contribution is -2.31. The molecule has 0 spiro atoms. The molecule has 0 fully saturated rings. The Morgan fingerprint density at radius 3 is 2.50 bits per heavy atom. The van der Waals surface area contributed by atoms with E-state index >= 15 is 0 Å². The van der Waals surface area contributed by atoms with Crippen LogP contribution in [0.15, 0.2) is 52.4 Å². The molecule has 0 atom stereocenters. The first-order chi connectivity index (χ1) is 16.4. The summed E-state index contributed by atoms with van der Waals surface area (Å²) in [4.78, 5) is 25.6. The minimum atomic E-state index is -0.676. The van der Waals surface area contributed by atoms with Crippen LogP contribution in [0.25, 0.3) is 5.69 Å². The maximum atomic E-state index is 12.8. The molecule has 0 saturated carbocycles. The lowest BCUT2D eigenvalue weighted by Gasteiger charge is -2.11. The number of rotatable bonds is 8. The maximum Gasteiger partial charge on any atom is 0.292 e. The Bertz CT molecular complexity index is 1320. The van der Waals surface area contributed by atoms with Crippen molar-refractivity contribution >= 4 is 12.1 Å². The molecule has 0 unspecified atom stereocenters. The predicted octanol–water partition coefficient (Wildman–Crippen LogP) is 2.59. The minimum absolute atomic E-state index is 0.102. The van der Waals surface area contributed by atoms with E-state index in [1.807, 2.05) is 13.0 Å². The smallest absolute Gasteiger partial charge is 0.292 e. The second kappa shape index (κ2) is 10.8. The van der Waals surface area contributed by atoms with Gasteiger partial charge in [-0.05, 0) is 61.9 Å². The quantitative estimate of drug-likeness (QED) is 0.403. The van der Waals surface area contributed by atoms with Gasteiger partial charge in [0.2, 0.25) is 0 Å². The van der Waals surface area contributed by atoms with Crippen molar-refractivity contribution in [3.8, 4) is 29.0 Å². The van der Waals surface area contributed by atoms with Crippen LogP contribution in [0.3, 0.4) is 0 Å². The highest BCUT2D eigenvalue weighted by Gasteiger charge is 2.20. The first-order valence-corrected chi connectivity index (χ1v) is 10.3. The van der Waals surface area contributed by atoms with Gasteiger partial charge in [0, 0.05) is 5.56 Å². The average molecular weight is 461 g/mol. The number of ether oxygens (including phenoxy) is 3. The van der Waals surface area contributed by atoms with Crippen LogP contribution in [0.4, 0.5) is 0 Å². The van der Waals surface area contributed by atoms with Crippen LogP contribution < -0.4 is 25.2 Å². The van der Waals surface area contributed by atoms with Gasteiger partial charge >= 0.3 is 0 Å². The van der Waals surface area contributed by atoms with Crippen molar-refractivity contribution in [1.82, 2.24) is 15.2 Å². The van der Waals surface area contributed by atoms with Crippen LogP contribution in [0.5, 0.6) is 17.2 Å². The summed E-state index contributed by atoms with van der Waals surface area (Å²) in [5, 5.41) is 17.7. The first kappa shape index (κ1) is 24.0. The summed E-state index contributed by atoms with van der Waals surface area (Å²) >= 11 is 0.